The van der Waals surface area contributed by atoms with Crippen LogP contribution < -0.4 is 5.32 Å². The normalized spacial score (nSPS) is 10.9. The first-order valence-corrected chi connectivity index (χ1v) is 5.13. The third-order valence-electron chi connectivity index (χ3n) is 2.37. The number of hydrogen-bond donors (Lipinski definition) is 1. The van der Waals surface area contributed by atoms with E-state index < -0.39 is 0 Å². The molecule has 0 saturated heterocycles. The molecule has 80 valence electrons. The Bertz CT molecular complexity index is 367. The van der Waals surface area contributed by atoms with E-state index in [0.29, 0.717) is 5.92 Å². The lowest BCUT2D eigenvalue weighted by atomic mass is 9.95. The minimum Gasteiger partial charge on any atom is -0.388 e. The fourth-order valence-corrected chi connectivity index (χ4v) is 1.63. The standard InChI is InChI=1S/C13H17NO/c1-10(2)11-6-4-8-13(14-3)12(11)7-5-9-15/h4-10,14H,1-3H3/b7-5-. The molecule has 0 heterocycles. The molecule has 0 aliphatic heterocycles. The second-order valence-corrected chi connectivity index (χ2v) is 3.71. The maximum Gasteiger partial charge on any atom is 0.142 e. The van der Waals surface area contributed by atoms with Gasteiger partial charge in [0.15, 0.2) is 0 Å². The molecular formula is C13H17NO. The maximum atomic E-state index is 10.4. The second kappa shape index (κ2) is 5.35. The molecule has 0 amide bonds. The molecule has 0 bridgehead atoms. The summed E-state index contributed by atoms with van der Waals surface area (Å²) in [5, 5.41) is 3.13. The van der Waals surface area contributed by atoms with Crippen LogP contribution in [-0.4, -0.2) is 13.3 Å². The van der Waals surface area contributed by atoms with Gasteiger partial charge in [-0.25, -0.2) is 0 Å². The second-order valence-electron chi connectivity index (χ2n) is 3.71. The van der Waals surface area contributed by atoms with Gasteiger partial charge in [-0.3, -0.25) is 4.79 Å². The van der Waals surface area contributed by atoms with Crippen LogP contribution in [0, 0.1) is 0 Å². The van der Waals surface area contributed by atoms with E-state index in [1.54, 1.807) is 0 Å². The molecule has 1 N–H and O–H groups in total. The van der Waals surface area contributed by atoms with E-state index in [4.69, 9.17) is 0 Å². The van der Waals surface area contributed by atoms with Gasteiger partial charge in [-0.2, -0.15) is 0 Å². The molecule has 0 unspecified atom stereocenters. The molecule has 0 aliphatic rings. The van der Waals surface area contributed by atoms with Crippen molar-refractivity contribution >= 4 is 18.0 Å². The minimum atomic E-state index is 0.449. The van der Waals surface area contributed by atoms with E-state index in [9.17, 15) is 4.79 Å². The SMILES string of the molecule is CNc1cccc(C(C)C)c1/C=C\C=O. The van der Waals surface area contributed by atoms with Crippen molar-refractivity contribution in [1.82, 2.24) is 0 Å². The zero-order chi connectivity index (χ0) is 11.3. The van der Waals surface area contributed by atoms with Gasteiger partial charge in [-0.15, -0.1) is 0 Å². The van der Waals surface area contributed by atoms with Crippen LogP contribution in [-0.2, 0) is 4.79 Å². The van der Waals surface area contributed by atoms with Crippen LogP contribution in [0.2, 0.25) is 0 Å². The number of allylic oxidation sites excluding steroid dienone is 1. The van der Waals surface area contributed by atoms with Crippen molar-refractivity contribution in [2.45, 2.75) is 19.8 Å². The van der Waals surface area contributed by atoms with Crippen molar-refractivity contribution in [2.75, 3.05) is 12.4 Å². The summed E-state index contributed by atoms with van der Waals surface area (Å²) in [6.07, 6.45) is 4.19. The average Bonchev–Trinajstić information content (AvgIpc) is 2.25. The molecule has 2 heteroatoms. The number of carbonyl (C=O) groups is 1. The molecule has 0 spiro atoms. The molecule has 2 nitrogen and oxygen atoms in total. The van der Waals surface area contributed by atoms with Gasteiger partial charge in [0.2, 0.25) is 0 Å². The van der Waals surface area contributed by atoms with Crippen LogP contribution in [0.15, 0.2) is 24.3 Å². The summed E-state index contributed by atoms with van der Waals surface area (Å²) in [7, 11) is 1.89. The molecule has 15 heavy (non-hydrogen) atoms. The van der Waals surface area contributed by atoms with Gasteiger partial charge in [0, 0.05) is 18.3 Å². The van der Waals surface area contributed by atoms with Gasteiger partial charge in [0.05, 0.1) is 0 Å². The van der Waals surface area contributed by atoms with Gasteiger partial charge in [-0.05, 0) is 29.7 Å². The molecule has 1 aromatic carbocycles. The third-order valence-corrected chi connectivity index (χ3v) is 2.37. The van der Waals surface area contributed by atoms with E-state index in [2.05, 4.69) is 25.2 Å². The fraction of sp³-hybridized carbons (Fsp3) is 0.308. The molecule has 1 aromatic rings. The summed E-state index contributed by atoms with van der Waals surface area (Å²) < 4.78 is 0. The minimum absolute atomic E-state index is 0.449. The highest BCUT2D eigenvalue weighted by molar-refractivity contribution is 5.79. The van der Waals surface area contributed by atoms with E-state index in [-0.39, 0.29) is 0 Å². The summed E-state index contributed by atoms with van der Waals surface area (Å²) in [4.78, 5) is 10.4. The highest BCUT2D eigenvalue weighted by atomic mass is 16.1. The first-order chi connectivity index (χ1) is 7.20. The van der Waals surface area contributed by atoms with Gasteiger partial charge >= 0.3 is 0 Å². The van der Waals surface area contributed by atoms with Crippen LogP contribution in [0.4, 0.5) is 5.69 Å². The Hall–Kier alpha value is -1.57. The van der Waals surface area contributed by atoms with E-state index >= 15 is 0 Å². The number of rotatable bonds is 4. The summed E-state index contributed by atoms with van der Waals surface area (Å²) in [5.74, 6) is 0.449. The number of carbonyl (C=O) groups excluding carboxylic acids is 1. The van der Waals surface area contributed by atoms with Crippen LogP contribution in [0.5, 0.6) is 0 Å². The number of nitrogens with one attached hydrogen (secondary N) is 1. The predicted molar refractivity (Wildman–Crippen MR) is 65.2 cm³/mol. The smallest absolute Gasteiger partial charge is 0.142 e. The van der Waals surface area contributed by atoms with E-state index in [1.165, 1.54) is 11.6 Å². The number of hydrogen-bond acceptors (Lipinski definition) is 2. The largest absolute Gasteiger partial charge is 0.388 e. The maximum absolute atomic E-state index is 10.4. The van der Waals surface area contributed by atoms with Crippen LogP contribution in [0.3, 0.4) is 0 Å². The number of benzene rings is 1. The predicted octanol–water partition coefficient (Wildman–Crippen LogP) is 3.06. The highest BCUT2D eigenvalue weighted by Crippen LogP contribution is 2.27. The van der Waals surface area contributed by atoms with Gasteiger partial charge < -0.3 is 5.32 Å². The number of aldehydes is 1. The first-order valence-electron chi connectivity index (χ1n) is 5.13. The molecule has 0 saturated carbocycles. The topological polar surface area (TPSA) is 29.1 Å². The lowest BCUT2D eigenvalue weighted by molar-refractivity contribution is -0.104. The van der Waals surface area contributed by atoms with Crippen LogP contribution >= 0.6 is 0 Å². The molecule has 1 rings (SSSR count). The van der Waals surface area contributed by atoms with Crippen molar-refractivity contribution in [3.63, 3.8) is 0 Å². The molecule has 0 radical (unpaired) electrons. The van der Waals surface area contributed by atoms with Crippen LogP contribution in [0.25, 0.3) is 6.08 Å². The average molecular weight is 203 g/mol. The quantitative estimate of drug-likeness (QED) is 0.602. The monoisotopic (exact) mass is 203 g/mol. The summed E-state index contributed by atoms with van der Waals surface area (Å²) in [6.45, 7) is 4.29. The van der Waals surface area contributed by atoms with Crippen molar-refractivity contribution in [3.8, 4) is 0 Å². The highest BCUT2D eigenvalue weighted by Gasteiger charge is 2.07. The van der Waals surface area contributed by atoms with E-state index in [1.807, 2.05) is 25.3 Å². The van der Waals surface area contributed by atoms with Crippen molar-refractivity contribution in [1.29, 1.82) is 0 Å². The van der Waals surface area contributed by atoms with Gasteiger partial charge in [0.1, 0.15) is 6.29 Å². The summed E-state index contributed by atoms with van der Waals surface area (Å²) >= 11 is 0. The Morgan fingerprint density at radius 3 is 2.60 bits per heavy atom. The van der Waals surface area contributed by atoms with Gasteiger partial charge in [-0.1, -0.05) is 26.0 Å². The van der Waals surface area contributed by atoms with Crippen molar-refractivity contribution < 1.29 is 4.79 Å². The lowest BCUT2D eigenvalue weighted by Gasteiger charge is -2.13. The Morgan fingerprint density at radius 2 is 2.07 bits per heavy atom. The van der Waals surface area contributed by atoms with Crippen molar-refractivity contribution in [2.24, 2.45) is 0 Å². The fourth-order valence-electron chi connectivity index (χ4n) is 1.63. The van der Waals surface area contributed by atoms with E-state index in [0.717, 1.165) is 17.5 Å². The van der Waals surface area contributed by atoms with Crippen molar-refractivity contribution in [3.05, 3.63) is 35.4 Å². The van der Waals surface area contributed by atoms with Gasteiger partial charge in [0.25, 0.3) is 0 Å². The first kappa shape index (κ1) is 11.5. The molecule has 0 aliphatic carbocycles. The lowest BCUT2D eigenvalue weighted by Crippen LogP contribution is -1.98. The Labute approximate surface area is 91.0 Å². The molecule has 0 atom stereocenters. The number of anilines is 1. The Balaban J connectivity index is 3.26. The molecule has 0 fully saturated rings. The zero-order valence-corrected chi connectivity index (χ0v) is 9.45. The third kappa shape index (κ3) is 2.69. The Kier molecular flexibility index (Phi) is 4.10. The Morgan fingerprint density at radius 1 is 1.33 bits per heavy atom. The molecule has 0 aromatic heterocycles. The van der Waals surface area contributed by atoms with Crippen LogP contribution in [0.1, 0.15) is 30.9 Å². The zero-order valence-electron chi connectivity index (χ0n) is 9.45. The summed E-state index contributed by atoms with van der Waals surface area (Å²) in [5.41, 5.74) is 3.40. The summed E-state index contributed by atoms with van der Waals surface area (Å²) in [6, 6.07) is 6.13. The molecular weight excluding hydrogens is 186 g/mol.